The van der Waals surface area contributed by atoms with E-state index in [2.05, 4.69) is 9.72 Å². The largest absolute Gasteiger partial charge is 0.463 e. The van der Waals surface area contributed by atoms with Gasteiger partial charge in [0.05, 0.1) is 30.1 Å². The van der Waals surface area contributed by atoms with Crippen LogP contribution in [0.3, 0.4) is 0 Å². The van der Waals surface area contributed by atoms with Crippen molar-refractivity contribution in [3.8, 4) is 0 Å². The average molecular weight is 339 g/mol. The molecule has 0 atom stereocenters. The number of nitrogens with zero attached hydrogens (tertiary/aromatic N) is 1. The highest BCUT2D eigenvalue weighted by Crippen LogP contribution is 2.24. The monoisotopic (exact) mass is 339 g/mol. The molecular weight excluding hydrogens is 322 g/mol. The highest BCUT2D eigenvalue weighted by Gasteiger charge is 2.20. The Morgan fingerprint density at radius 2 is 1.88 bits per heavy atom. The molecule has 6 heteroatoms. The van der Waals surface area contributed by atoms with Crippen LogP contribution in [0.15, 0.2) is 41.0 Å². The summed E-state index contributed by atoms with van der Waals surface area (Å²) in [5, 5.41) is 0.901. The first-order chi connectivity index (χ1) is 12.0. The third-order valence-electron chi connectivity index (χ3n) is 4.01. The Labute approximate surface area is 144 Å². The fraction of sp³-hybridized carbons (Fsp3) is 0.211. The Hall–Kier alpha value is -3.15. The van der Waals surface area contributed by atoms with E-state index < -0.39 is 11.9 Å². The predicted molar refractivity (Wildman–Crippen MR) is 90.4 cm³/mol. The number of benzene rings is 1. The summed E-state index contributed by atoms with van der Waals surface area (Å²) in [4.78, 5) is 28.6. The maximum atomic E-state index is 12.6. The molecule has 6 nitrogen and oxygen atoms in total. The summed E-state index contributed by atoms with van der Waals surface area (Å²) < 4.78 is 15.1. The number of carbonyl (C=O) groups is 2. The minimum atomic E-state index is -0.615. The lowest BCUT2D eigenvalue weighted by Crippen LogP contribution is -2.12. The second kappa shape index (κ2) is 6.76. The first-order valence-electron chi connectivity index (χ1n) is 7.70. The van der Waals surface area contributed by atoms with E-state index in [9.17, 15) is 9.59 Å². The molecule has 0 radical (unpaired) electrons. The zero-order chi connectivity index (χ0) is 18.0. The number of rotatable bonds is 4. The number of ether oxygens (including phenoxy) is 2. The number of hydrogen-bond donors (Lipinski definition) is 0. The predicted octanol–water partition coefficient (Wildman–Crippen LogP) is 3.59. The molecule has 2 aromatic heterocycles. The molecule has 1 aromatic carbocycles. The van der Waals surface area contributed by atoms with Gasteiger partial charge < -0.3 is 13.9 Å². The standard InChI is InChI=1S/C19H17NO5/c1-11-14-6-4-5-7-15(14)20-12(2)16(11)18(21)25-10-13-8-9-24-17(13)19(22)23-3/h4-9H,10H2,1-3H3. The van der Waals surface area contributed by atoms with Gasteiger partial charge in [-0.25, -0.2) is 9.59 Å². The Balaban J connectivity index is 1.86. The van der Waals surface area contributed by atoms with Crippen molar-refractivity contribution >= 4 is 22.8 Å². The zero-order valence-electron chi connectivity index (χ0n) is 14.2. The topological polar surface area (TPSA) is 78.6 Å². The van der Waals surface area contributed by atoms with E-state index in [1.807, 2.05) is 31.2 Å². The van der Waals surface area contributed by atoms with Gasteiger partial charge in [-0.3, -0.25) is 4.98 Å². The molecule has 0 aliphatic rings. The molecule has 0 amide bonds. The van der Waals surface area contributed by atoms with Crippen molar-refractivity contribution in [1.82, 2.24) is 4.98 Å². The summed E-state index contributed by atoms with van der Waals surface area (Å²) in [7, 11) is 1.26. The van der Waals surface area contributed by atoms with Crippen LogP contribution in [0.5, 0.6) is 0 Å². The van der Waals surface area contributed by atoms with E-state index >= 15 is 0 Å². The Morgan fingerprint density at radius 1 is 1.12 bits per heavy atom. The van der Waals surface area contributed by atoms with Crippen molar-refractivity contribution in [2.45, 2.75) is 20.5 Å². The number of aryl methyl sites for hydroxylation is 2. The number of pyridine rings is 1. The number of para-hydroxylation sites is 1. The molecule has 0 fully saturated rings. The lowest BCUT2D eigenvalue weighted by molar-refractivity contribution is 0.0451. The molecule has 0 saturated carbocycles. The molecule has 0 aliphatic heterocycles. The fourth-order valence-electron chi connectivity index (χ4n) is 2.77. The van der Waals surface area contributed by atoms with E-state index in [1.165, 1.54) is 13.4 Å². The summed E-state index contributed by atoms with van der Waals surface area (Å²) in [5.74, 6) is -1.08. The van der Waals surface area contributed by atoms with Crippen molar-refractivity contribution < 1.29 is 23.5 Å². The SMILES string of the molecule is COC(=O)c1occc1COC(=O)c1c(C)nc2ccccc2c1C. The normalized spacial score (nSPS) is 10.7. The number of fused-ring (bicyclic) bond motifs is 1. The van der Waals surface area contributed by atoms with Crippen molar-refractivity contribution in [2.24, 2.45) is 0 Å². The van der Waals surface area contributed by atoms with Gasteiger partial charge in [0.2, 0.25) is 5.76 Å². The van der Waals surface area contributed by atoms with Gasteiger partial charge in [0, 0.05) is 10.9 Å². The first-order valence-corrected chi connectivity index (χ1v) is 7.70. The fourth-order valence-corrected chi connectivity index (χ4v) is 2.77. The summed E-state index contributed by atoms with van der Waals surface area (Å²) in [5.41, 5.74) is 3.12. The van der Waals surface area contributed by atoms with Gasteiger partial charge in [-0.1, -0.05) is 18.2 Å². The summed E-state index contributed by atoms with van der Waals surface area (Å²) in [6.45, 7) is 3.55. The van der Waals surface area contributed by atoms with Gasteiger partial charge in [0.15, 0.2) is 0 Å². The van der Waals surface area contributed by atoms with Crippen LogP contribution in [0.2, 0.25) is 0 Å². The van der Waals surface area contributed by atoms with Crippen LogP contribution >= 0.6 is 0 Å². The third kappa shape index (κ3) is 3.10. The molecule has 0 N–H and O–H groups in total. The Morgan fingerprint density at radius 3 is 2.64 bits per heavy atom. The van der Waals surface area contributed by atoms with Gasteiger partial charge in [-0.2, -0.15) is 0 Å². The third-order valence-corrected chi connectivity index (χ3v) is 4.01. The number of aromatic nitrogens is 1. The minimum absolute atomic E-state index is 0.0281. The second-order valence-corrected chi connectivity index (χ2v) is 5.56. The number of esters is 2. The van der Waals surface area contributed by atoms with Crippen LogP contribution in [0.25, 0.3) is 10.9 Å². The summed E-state index contributed by atoms with van der Waals surface area (Å²) >= 11 is 0. The first kappa shape index (κ1) is 16.7. The van der Waals surface area contributed by atoms with Crippen LogP contribution in [0, 0.1) is 13.8 Å². The Bertz CT molecular complexity index is 958. The smallest absolute Gasteiger partial charge is 0.374 e. The highest BCUT2D eigenvalue weighted by molar-refractivity contribution is 5.98. The van der Waals surface area contributed by atoms with Crippen LogP contribution in [-0.2, 0) is 16.1 Å². The summed E-state index contributed by atoms with van der Waals surface area (Å²) in [6.07, 6.45) is 1.35. The summed E-state index contributed by atoms with van der Waals surface area (Å²) in [6, 6.07) is 9.19. The maximum Gasteiger partial charge on any atom is 0.374 e. The van der Waals surface area contributed by atoms with Gasteiger partial charge in [-0.15, -0.1) is 0 Å². The minimum Gasteiger partial charge on any atom is -0.463 e. The van der Waals surface area contributed by atoms with E-state index in [0.29, 0.717) is 16.8 Å². The number of carbonyl (C=O) groups excluding carboxylic acids is 2. The highest BCUT2D eigenvalue weighted by atomic mass is 16.5. The maximum absolute atomic E-state index is 12.6. The van der Waals surface area contributed by atoms with Gasteiger partial charge in [0.1, 0.15) is 6.61 Å². The van der Waals surface area contributed by atoms with Gasteiger partial charge >= 0.3 is 11.9 Å². The van der Waals surface area contributed by atoms with Gasteiger partial charge in [-0.05, 0) is 31.5 Å². The van der Waals surface area contributed by atoms with E-state index in [4.69, 9.17) is 9.15 Å². The molecule has 0 bridgehead atoms. The quantitative estimate of drug-likeness (QED) is 0.676. The van der Waals surface area contributed by atoms with Crippen LogP contribution in [-0.4, -0.2) is 24.0 Å². The van der Waals surface area contributed by atoms with Crippen LogP contribution in [0.4, 0.5) is 0 Å². The molecule has 3 aromatic rings. The van der Waals surface area contributed by atoms with Crippen molar-refractivity contribution in [3.05, 3.63) is 64.7 Å². The van der Waals surface area contributed by atoms with E-state index in [0.717, 1.165) is 16.5 Å². The van der Waals surface area contributed by atoms with Crippen LogP contribution in [0.1, 0.15) is 37.7 Å². The number of hydrogen-bond acceptors (Lipinski definition) is 6. The molecule has 2 heterocycles. The second-order valence-electron chi connectivity index (χ2n) is 5.56. The van der Waals surface area contributed by atoms with Crippen molar-refractivity contribution in [2.75, 3.05) is 7.11 Å². The molecule has 128 valence electrons. The Kier molecular flexibility index (Phi) is 4.52. The lowest BCUT2D eigenvalue weighted by Gasteiger charge is -2.12. The van der Waals surface area contributed by atoms with E-state index in [-0.39, 0.29) is 12.4 Å². The molecule has 3 rings (SSSR count). The number of furan rings is 1. The molecule has 0 spiro atoms. The molecule has 0 aliphatic carbocycles. The van der Waals surface area contributed by atoms with Gasteiger partial charge in [0.25, 0.3) is 0 Å². The number of methoxy groups -OCH3 is 1. The molecular formula is C19H17NO5. The van der Waals surface area contributed by atoms with Crippen molar-refractivity contribution in [1.29, 1.82) is 0 Å². The van der Waals surface area contributed by atoms with Crippen molar-refractivity contribution in [3.63, 3.8) is 0 Å². The zero-order valence-corrected chi connectivity index (χ0v) is 14.2. The lowest BCUT2D eigenvalue weighted by atomic mass is 10.0. The molecule has 0 unspecified atom stereocenters. The van der Waals surface area contributed by atoms with E-state index in [1.54, 1.807) is 13.0 Å². The molecule has 0 saturated heterocycles. The molecule has 25 heavy (non-hydrogen) atoms. The average Bonchev–Trinajstić information content (AvgIpc) is 3.08. The van der Waals surface area contributed by atoms with Crippen LogP contribution < -0.4 is 0 Å².